The molecule has 0 heterocycles. The van der Waals surface area contributed by atoms with Crippen LogP contribution in [0.3, 0.4) is 0 Å². The first kappa shape index (κ1) is 26.4. The number of benzene rings is 2. The van der Waals surface area contributed by atoms with Crippen molar-refractivity contribution < 1.29 is 20.8 Å². The molecular formula is C34H38Cl2Zr-2. The van der Waals surface area contributed by atoms with Gasteiger partial charge in [-0.3, -0.25) is 0 Å². The minimum Gasteiger partial charge on any atom is -0.172 e. The molecule has 0 amide bonds. The van der Waals surface area contributed by atoms with Crippen molar-refractivity contribution >= 4 is 38.6 Å². The molecule has 0 saturated heterocycles. The fourth-order valence-electron chi connectivity index (χ4n) is 9.08. The fraction of sp³-hybridized carbons (Fsp3) is 0.471. The first-order chi connectivity index (χ1) is 18.2. The molecule has 0 spiro atoms. The van der Waals surface area contributed by atoms with Gasteiger partial charge in [0, 0.05) is 0 Å². The van der Waals surface area contributed by atoms with Gasteiger partial charge in [0.1, 0.15) is 0 Å². The Labute approximate surface area is 241 Å². The predicted molar refractivity (Wildman–Crippen MR) is 157 cm³/mol. The van der Waals surface area contributed by atoms with E-state index in [1.54, 1.807) is 11.1 Å². The molecule has 0 N–H and O–H groups in total. The topological polar surface area (TPSA) is 0 Å². The maximum Gasteiger partial charge on any atom is -0.0424 e. The molecule has 37 heavy (non-hydrogen) atoms. The van der Waals surface area contributed by atoms with Gasteiger partial charge in [-0.15, -0.1) is 24.3 Å². The molecule has 3 saturated carbocycles. The zero-order valence-corrected chi connectivity index (χ0v) is 25.8. The van der Waals surface area contributed by atoms with E-state index in [1.165, 1.54) is 98.6 Å². The predicted octanol–water partition coefficient (Wildman–Crippen LogP) is 10.9. The third kappa shape index (κ3) is 4.44. The second-order valence-corrected chi connectivity index (χ2v) is 15.7. The maximum absolute atomic E-state index is 4.93. The van der Waals surface area contributed by atoms with Crippen LogP contribution in [0.5, 0.6) is 0 Å². The first-order valence-corrected chi connectivity index (χ1v) is 20.8. The van der Waals surface area contributed by atoms with E-state index in [2.05, 4.69) is 72.8 Å². The van der Waals surface area contributed by atoms with Gasteiger partial charge >= 0.3 is 37.9 Å². The van der Waals surface area contributed by atoms with Crippen LogP contribution < -0.4 is 0 Å². The van der Waals surface area contributed by atoms with Gasteiger partial charge in [0.15, 0.2) is 0 Å². The summed E-state index contributed by atoms with van der Waals surface area (Å²) in [5.74, 6) is 1.65. The molecule has 7 rings (SSSR count). The van der Waals surface area contributed by atoms with Crippen molar-refractivity contribution in [2.45, 2.75) is 87.9 Å². The molecule has 0 bridgehead atoms. The van der Waals surface area contributed by atoms with Crippen LogP contribution in [-0.4, -0.2) is 0 Å². The first-order valence-electron chi connectivity index (χ1n) is 14.5. The van der Waals surface area contributed by atoms with Gasteiger partial charge in [-0.1, -0.05) is 101 Å². The second-order valence-electron chi connectivity index (χ2n) is 11.9. The molecule has 0 aliphatic heterocycles. The number of fused-ring (bicyclic) bond motifs is 2. The Hall–Kier alpha value is -0.877. The molecule has 4 aromatic carbocycles. The smallest absolute Gasteiger partial charge is 0.0424 e. The van der Waals surface area contributed by atoms with Gasteiger partial charge in [0.05, 0.1) is 0 Å². The number of hydrogen-bond acceptors (Lipinski definition) is 0. The molecule has 3 aliphatic rings. The van der Waals surface area contributed by atoms with E-state index in [0.29, 0.717) is 10.8 Å². The van der Waals surface area contributed by atoms with E-state index < -0.39 is 20.8 Å². The Morgan fingerprint density at radius 3 is 1.11 bits per heavy atom. The maximum atomic E-state index is 4.93. The summed E-state index contributed by atoms with van der Waals surface area (Å²) in [6.07, 6.45) is 17.1. The normalized spacial score (nSPS) is 27.0. The Bertz CT molecular complexity index is 1150. The summed E-state index contributed by atoms with van der Waals surface area (Å²) in [5.41, 5.74) is 3.97. The van der Waals surface area contributed by atoms with Crippen molar-refractivity contribution in [3.63, 3.8) is 0 Å². The van der Waals surface area contributed by atoms with Crippen LogP contribution in [-0.2, 0) is 31.7 Å². The van der Waals surface area contributed by atoms with Crippen molar-refractivity contribution in [2.75, 3.05) is 0 Å². The van der Waals surface area contributed by atoms with Crippen molar-refractivity contribution in [3.8, 4) is 0 Å². The summed E-state index contributed by atoms with van der Waals surface area (Å²) in [7, 11) is 9.87. The van der Waals surface area contributed by atoms with E-state index in [-0.39, 0.29) is 0 Å². The zero-order chi connectivity index (χ0) is 25.3. The molecule has 194 valence electrons. The van der Waals surface area contributed by atoms with Crippen LogP contribution in [0, 0.1) is 11.8 Å². The molecular weight excluding hydrogens is 571 g/mol. The van der Waals surface area contributed by atoms with E-state index >= 15 is 0 Å². The molecule has 0 radical (unpaired) electrons. The fourth-order valence-corrected chi connectivity index (χ4v) is 9.08. The summed E-state index contributed by atoms with van der Waals surface area (Å²) in [5, 5.41) is 5.80. The summed E-state index contributed by atoms with van der Waals surface area (Å²) in [6, 6.07) is 28.7. The summed E-state index contributed by atoms with van der Waals surface area (Å²) >= 11 is -0.826. The van der Waals surface area contributed by atoms with E-state index in [4.69, 9.17) is 17.0 Å². The van der Waals surface area contributed by atoms with Gasteiger partial charge in [-0.05, 0) is 22.7 Å². The standard InChI is InChI=1S/C34H38.2ClH.Zr/c1-3-15-29(16-4-1)33(31-21-25-11-7-8-12-26(25)22-31)19-20-34(33,30-17-5-2-6-18-30)32-23-27-13-9-10-14-28(27)24-32;;;/h7-14,21-24,29-30H,1-6,15-20H2;2*1H;/q-2;;;+2/p-2. The Kier molecular flexibility index (Phi) is 8.06. The molecule has 2 atom stereocenters. The Balaban J connectivity index is 0.000000804. The van der Waals surface area contributed by atoms with Gasteiger partial charge < -0.3 is 0 Å². The van der Waals surface area contributed by atoms with Crippen LogP contribution in [0.1, 0.15) is 88.2 Å². The van der Waals surface area contributed by atoms with Crippen molar-refractivity contribution in [2.24, 2.45) is 11.8 Å². The molecule has 3 heteroatoms. The third-order valence-electron chi connectivity index (χ3n) is 10.6. The minimum absolute atomic E-state index is 0.304. The Morgan fingerprint density at radius 2 is 0.838 bits per heavy atom. The molecule has 3 aliphatic carbocycles. The van der Waals surface area contributed by atoms with Crippen molar-refractivity contribution in [1.82, 2.24) is 0 Å². The summed E-state index contributed by atoms with van der Waals surface area (Å²) in [4.78, 5) is 0. The van der Waals surface area contributed by atoms with Crippen LogP contribution in [0.25, 0.3) is 21.5 Å². The summed E-state index contributed by atoms with van der Waals surface area (Å²) in [6.45, 7) is 0. The molecule has 0 aromatic heterocycles. The largest absolute Gasteiger partial charge is 0.172 e. The quantitative estimate of drug-likeness (QED) is 0.202. The minimum atomic E-state index is -0.826. The van der Waals surface area contributed by atoms with E-state index in [0.717, 1.165) is 11.8 Å². The molecule has 2 unspecified atom stereocenters. The number of hydrogen-bond donors (Lipinski definition) is 0. The average Bonchev–Trinajstić information content (AvgIpc) is 3.55. The monoisotopic (exact) mass is 606 g/mol. The van der Waals surface area contributed by atoms with Crippen molar-refractivity contribution in [3.05, 3.63) is 83.9 Å². The van der Waals surface area contributed by atoms with E-state index in [9.17, 15) is 0 Å². The van der Waals surface area contributed by atoms with Crippen LogP contribution in [0.4, 0.5) is 0 Å². The average molecular weight is 609 g/mol. The number of rotatable bonds is 4. The molecule has 3 fully saturated rings. The van der Waals surface area contributed by atoms with E-state index in [1.807, 2.05) is 0 Å². The van der Waals surface area contributed by atoms with Gasteiger partial charge in [0.2, 0.25) is 0 Å². The van der Waals surface area contributed by atoms with Crippen LogP contribution >= 0.6 is 17.0 Å². The summed E-state index contributed by atoms with van der Waals surface area (Å²) < 4.78 is 0. The Morgan fingerprint density at radius 1 is 0.541 bits per heavy atom. The SMILES string of the molecule is [Cl][Zr][Cl].c1ccc2c[c-](C3(C4CCCCC4)CCC3([c-]3cc4ccccc4c3)C3CCCCC3)cc2c1. The van der Waals surface area contributed by atoms with Crippen LogP contribution in [0.2, 0.25) is 0 Å². The third-order valence-corrected chi connectivity index (χ3v) is 10.6. The van der Waals surface area contributed by atoms with Crippen LogP contribution in [0.15, 0.2) is 72.8 Å². The number of halogens is 2. The van der Waals surface area contributed by atoms with Gasteiger partial charge in [-0.2, -0.15) is 56.9 Å². The second kappa shape index (κ2) is 11.3. The van der Waals surface area contributed by atoms with Crippen molar-refractivity contribution in [1.29, 1.82) is 0 Å². The molecule has 4 aromatic rings. The van der Waals surface area contributed by atoms with Gasteiger partial charge in [-0.25, -0.2) is 0 Å². The van der Waals surface area contributed by atoms with Gasteiger partial charge in [0.25, 0.3) is 0 Å². The molecule has 0 nitrogen and oxygen atoms in total. The zero-order valence-electron chi connectivity index (χ0n) is 21.8.